The number of hydrogen-bond acceptors (Lipinski definition) is 2. The van der Waals surface area contributed by atoms with E-state index in [4.69, 9.17) is 9.97 Å². The van der Waals surface area contributed by atoms with Gasteiger partial charge in [0.15, 0.2) is 0 Å². The maximum Gasteiger partial charge on any atom is 0.0658 e. The van der Waals surface area contributed by atoms with Gasteiger partial charge < -0.3 is 9.97 Å². The molecule has 3 aromatic rings. The van der Waals surface area contributed by atoms with E-state index in [1.54, 1.807) is 0 Å². The Hall–Kier alpha value is -3.40. The molecule has 0 saturated heterocycles. The van der Waals surface area contributed by atoms with Crippen molar-refractivity contribution < 1.29 is 0 Å². The number of rotatable bonds is 8. The lowest BCUT2D eigenvalue weighted by molar-refractivity contribution is 0.699. The van der Waals surface area contributed by atoms with Crippen LogP contribution in [-0.4, -0.2) is 19.9 Å². The quantitative estimate of drug-likeness (QED) is 0.234. The van der Waals surface area contributed by atoms with Crippen molar-refractivity contribution in [3.63, 3.8) is 0 Å². The molecule has 3 aromatic heterocycles. The topological polar surface area (TPSA) is 57.4 Å². The minimum Gasteiger partial charge on any atom is -0.355 e. The molecule has 0 atom stereocenters. The lowest BCUT2D eigenvalue weighted by atomic mass is 9.98. The smallest absolute Gasteiger partial charge is 0.0658 e. The Balaban J connectivity index is 1.75. The van der Waals surface area contributed by atoms with Gasteiger partial charge in [0.25, 0.3) is 0 Å². The normalized spacial score (nSPS) is 12.5. The van der Waals surface area contributed by atoms with E-state index >= 15 is 0 Å². The van der Waals surface area contributed by atoms with Gasteiger partial charge in [-0.2, -0.15) is 0 Å². The van der Waals surface area contributed by atoms with Crippen molar-refractivity contribution in [2.75, 3.05) is 0 Å². The molecule has 4 nitrogen and oxygen atoms in total. The van der Waals surface area contributed by atoms with E-state index in [1.165, 1.54) is 60.7 Å². The first-order valence-corrected chi connectivity index (χ1v) is 12.8. The molecule has 2 aliphatic heterocycles. The monoisotopic (exact) mass is 450 g/mol. The van der Waals surface area contributed by atoms with Crippen molar-refractivity contribution in [2.45, 2.75) is 65.2 Å². The van der Waals surface area contributed by atoms with Crippen LogP contribution >= 0.6 is 0 Å². The summed E-state index contributed by atoms with van der Waals surface area (Å²) in [6, 6.07) is 12.8. The fourth-order valence-electron chi connectivity index (χ4n) is 4.86. The van der Waals surface area contributed by atoms with Crippen LogP contribution in [-0.2, 0) is 12.8 Å². The third-order valence-corrected chi connectivity index (χ3v) is 6.63. The first-order valence-electron chi connectivity index (χ1n) is 12.8. The maximum absolute atomic E-state index is 4.88. The van der Waals surface area contributed by atoms with Gasteiger partial charge in [-0.25, -0.2) is 9.97 Å². The fraction of sp³-hybridized carbons (Fsp3) is 0.333. The summed E-state index contributed by atoms with van der Waals surface area (Å²) in [5, 5.41) is 0. The van der Waals surface area contributed by atoms with E-state index in [-0.39, 0.29) is 0 Å². The standard InChI is InChI=1S/C30H34N4/c1-3-5-7-9-27-28(10-8-6-4-2)30-20-26-16-14-24(33-26)18-22-12-11-21(31-22)17-23-13-15-25(32-23)19-29(27)34-30/h11-20,31,34H,3-10H2,1-2H3. The molecule has 0 amide bonds. The number of aromatic nitrogens is 4. The highest BCUT2D eigenvalue weighted by atomic mass is 14.8. The molecule has 4 heteroatoms. The van der Waals surface area contributed by atoms with Crippen LogP contribution in [0, 0.1) is 0 Å². The predicted octanol–water partition coefficient (Wildman–Crippen LogP) is 8.12. The number of H-pyrrole nitrogens is 2. The zero-order valence-corrected chi connectivity index (χ0v) is 20.3. The second-order valence-electron chi connectivity index (χ2n) is 9.36. The van der Waals surface area contributed by atoms with E-state index in [2.05, 4.69) is 84.5 Å². The molecule has 0 saturated carbocycles. The lowest BCUT2D eigenvalue weighted by Gasteiger charge is -2.05. The third kappa shape index (κ3) is 5.06. The van der Waals surface area contributed by atoms with Crippen LogP contribution < -0.4 is 0 Å². The van der Waals surface area contributed by atoms with Crippen LogP contribution in [0.15, 0.2) is 36.4 Å². The van der Waals surface area contributed by atoms with Gasteiger partial charge in [0.1, 0.15) is 0 Å². The van der Waals surface area contributed by atoms with E-state index in [1.807, 2.05) is 0 Å². The minimum atomic E-state index is 0.967. The number of nitrogens with one attached hydrogen (secondary N) is 2. The van der Waals surface area contributed by atoms with Gasteiger partial charge in [-0.05, 0) is 97.5 Å². The van der Waals surface area contributed by atoms with Crippen molar-refractivity contribution in [1.82, 2.24) is 19.9 Å². The Morgan fingerprint density at radius 1 is 0.559 bits per heavy atom. The third-order valence-electron chi connectivity index (χ3n) is 6.63. The Labute approximate surface area is 201 Å². The number of fused-ring (bicyclic) bond motifs is 8. The molecule has 34 heavy (non-hydrogen) atoms. The maximum atomic E-state index is 4.88. The van der Waals surface area contributed by atoms with E-state index in [9.17, 15) is 0 Å². The van der Waals surface area contributed by atoms with Gasteiger partial charge in [-0.3, -0.25) is 0 Å². The molecule has 5 rings (SSSR count). The molecule has 5 heterocycles. The molecule has 0 unspecified atom stereocenters. The van der Waals surface area contributed by atoms with Crippen molar-refractivity contribution in [3.05, 3.63) is 70.3 Å². The number of hydrogen-bond donors (Lipinski definition) is 2. The van der Waals surface area contributed by atoms with E-state index < -0.39 is 0 Å². The largest absolute Gasteiger partial charge is 0.355 e. The van der Waals surface area contributed by atoms with Gasteiger partial charge in [0.2, 0.25) is 0 Å². The van der Waals surface area contributed by atoms with Gasteiger partial charge >= 0.3 is 0 Å². The molecule has 174 valence electrons. The molecule has 8 bridgehead atoms. The molecule has 0 fully saturated rings. The van der Waals surface area contributed by atoms with E-state index in [0.717, 1.165) is 46.7 Å². The SMILES string of the molecule is CCCCCc1c(CCCCC)c2cc3nc(cc4ccc(cc5nc(cc1[nH]2)C=C5)[nH]4)C=C3. The first kappa shape index (κ1) is 22.4. The summed E-state index contributed by atoms with van der Waals surface area (Å²) >= 11 is 0. The number of aromatic amines is 2. The van der Waals surface area contributed by atoms with Crippen LogP contribution in [0.3, 0.4) is 0 Å². The Bertz CT molecular complexity index is 1280. The van der Waals surface area contributed by atoms with Crippen LogP contribution in [0.1, 0.15) is 86.3 Å². The zero-order chi connectivity index (χ0) is 23.3. The highest BCUT2D eigenvalue weighted by molar-refractivity contribution is 5.80. The average molecular weight is 451 g/mol. The second-order valence-corrected chi connectivity index (χ2v) is 9.36. The molecular formula is C30H34N4. The summed E-state index contributed by atoms with van der Waals surface area (Å²) in [5.74, 6) is 0. The van der Waals surface area contributed by atoms with Crippen molar-refractivity contribution >= 4 is 46.4 Å². The summed E-state index contributed by atoms with van der Waals surface area (Å²) in [4.78, 5) is 17.0. The van der Waals surface area contributed by atoms with Crippen LogP contribution in [0.25, 0.3) is 46.4 Å². The average Bonchev–Trinajstić information content (AvgIpc) is 3.61. The van der Waals surface area contributed by atoms with Gasteiger partial charge in [0.05, 0.1) is 22.8 Å². The van der Waals surface area contributed by atoms with Crippen molar-refractivity contribution in [1.29, 1.82) is 0 Å². The molecular weight excluding hydrogens is 416 g/mol. The highest BCUT2D eigenvalue weighted by Crippen LogP contribution is 2.27. The molecule has 0 spiro atoms. The number of nitrogens with zero attached hydrogens (tertiary/aromatic N) is 2. The Morgan fingerprint density at radius 3 is 1.44 bits per heavy atom. The van der Waals surface area contributed by atoms with Crippen LogP contribution in [0.4, 0.5) is 0 Å². The Morgan fingerprint density at radius 2 is 1.00 bits per heavy atom. The van der Waals surface area contributed by atoms with Crippen molar-refractivity contribution in [3.8, 4) is 0 Å². The molecule has 2 N–H and O–H groups in total. The van der Waals surface area contributed by atoms with E-state index in [0.29, 0.717) is 0 Å². The number of aryl methyl sites for hydroxylation is 2. The molecule has 2 aliphatic rings. The fourth-order valence-corrected chi connectivity index (χ4v) is 4.86. The summed E-state index contributed by atoms with van der Waals surface area (Å²) in [5.41, 5.74) is 11.3. The molecule has 0 aliphatic carbocycles. The summed E-state index contributed by atoms with van der Waals surface area (Å²) in [7, 11) is 0. The summed E-state index contributed by atoms with van der Waals surface area (Å²) in [6.45, 7) is 4.54. The minimum absolute atomic E-state index is 0.967. The zero-order valence-electron chi connectivity index (χ0n) is 20.3. The van der Waals surface area contributed by atoms with Gasteiger partial charge in [0, 0.05) is 22.1 Å². The molecule has 0 aromatic carbocycles. The van der Waals surface area contributed by atoms with Crippen LogP contribution in [0.5, 0.6) is 0 Å². The summed E-state index contributed by atoms with van der Waals surface area (Å²) < 4.78 is 0. The van der Waals surface area contributed by atoms with Crippen molar-refractivity contribution in [2.24, 2.45) is 0 Å². The molecule has 0 radical (unpaired) electrons. The van der Waals surface area contributed by atoms with Gasteiger partial charge in [-0.15, -0.1) is 0 Å². The number of unbranched alkanes of at least 4 members (excludes halogenated alkanes) is 4. The Kier molecular flexibility index (Phi) is 6.75. The summed E-state index contributed by atoms with van der Waals surface area (Å²) in [6.07, 6.45) is 18.0. The predicted molar refractivity (Wildman–Crippen MR) is 145 cm³/mol. The highest BCUT2D eigenvalue weighted by Gasteiger charge is 2.13. The van der Waals surface area contributed by atoms with Gasteiger partial charge in [-0.1, -0.05) is 39.5 Å². The van der Waals surface area contributed by atoms with Crippen LogP contribution in [0.2, 0.25) is 0 Å². The lowest BCUT2D eigenvalue weighted by Crippen LogP contribution is -1.93. The second kappa shape index (κ2) is 10.3. The first-order chi connectivity index (χ1) is 16.7.